The molecule has 1 saturated heterocycles. The van der Waals surface area contributed by atoms with Gasteiger partial charge in [-0.15, -0.1) is 0 Å². The summed E-state index contributed by atoms with van der Waals surface area (Å²) in [5, 5.41) is 18.2. The van der Waals surface area contributed by atoms with Crippen LogP contribution in [0.15, 0.2) is 78.9 Å². The number of rotatable bonds is 8. The second-order valence-electron chi connectivity index (χ2n) is 9.42. The van der Waals surface area contributed by atoms with Gasteiger partial charge < -0.3 is 19.5 Å². The fraction of sp³-hybridized carbons (Fsp3) is 0.194. The first-order valence-electron chi connectivity index (χ1n) is 12.7. The maximum Gasteiger partial charge on any atom is 0.306 e. The molecular weight excluding hydrogens is 516 g/mol. The van der Waals surface area contributed by atoms with Gasteiger partial charge in [0, 0.05) is 24.7 Å². The van der Waals surface area contributed by atoms with Gasteiger partial charge in [-0.2, -0.15) is 5.26 Å². The molecule has 0 bridgehead atoms. The minimum atomic E-state index is -0.842. The summed E-state index contributed by atoms with van der Waals surface area (Å²) in [6.45, 7) is 1.08. The van der Waals surface area contributed by atoms with E-state index in [4.69, 9.17) is 14.7 Å². The highest BCUT2D eigenvalue weighted by Gasteiger charge is 2.25. The molecule has 0 amide bonds. The van der Waals surface area contributed by atoms with E-state index in [2.05, 4.69) is 11.1 Å². The van der Waals surface area contributed by atoms with Gasteiger partial charge in [-0.25, -0.2) is 13.8 Å². The van der Waals surface area contributed by atoms with E-state index in [-0.39, 0.29) is 23.8 Å². The molecule has 0 unspecified atom stereocenters. The monoisotopic (exact) mass is 541 g/mol. The van der Waals surface area contributed by atoms with Gasteiger partial charge in [-0.05, 0) is 73.0 Å². The molecule has 3 aromatic carbocycles. The largest absolute Gasteiger partial charge is 0.485 e. The fourth-order valence-electron chi connectivity index (χ4n) is 4.55. The topological polar surface area (TPSA) is 95.7 Å². The minimum Gasteiger partial charge on any atom is -0.485 e. The number of aliphatic carboxylic acids is 1. The Labute approximate surface area is 229 Å². The number of hydrogen-bond acceptors (Lipinski definition) is 6. The smallest absolute Gasteiger partial charge is 0.306 e. The van der Waals surface area contributed by atoms with Crippen molar-refractivity contribution >= 4 is 11.8 Å². The molecule has 1 N–H and O–H groups in total. The van der Waals surface area contributed by atoms with E-state index in [1.807, 2.05) is 4.90 Å². The summed E-state index contributed by atoms with van der Waals surface area (Å²) in [4.78, 5) is 17.9. The Hall–Kier alpha value is -4.97. The van der Waals surface area contributed by atoms with Gasteiger partial charge >= 0.3 is 5.97 Å². The third kappa shape index (κ3) is 6.18. The number of hydrogen-bond donors (Lipinski definition) is 1. The standard InChI is InChI=1S/C31H25F2N3O4/c32-23-16-26(28-2-1-3-29(35-28)36-14-12-22(13-15-36)31(37)38)30(27(33)17-23)39-19-21-6-10-25(11-7-21)40-24-8-4-20(18-34)5-9-24/h1-11,16-17,22H,12-15,19H2,(H,37,38). The number of anilines is 1. The second-order valence-corrected chi connectivity index (χ2v) is 9.42. The number of nitrogens with zero attached hydrogens (tertiary/aromatic N) is 3. The Balaban J connectivity index is 1.30. The predicted molar refractivity (Wildman–Crippen MR) is 144 cm³/mol. The number of ether oxygens (including phenoxy) is 2. The fourth-order valence-corrected chi connectivity index (χ4v) is 4.55. The zero-order chi connectivity index (χ0) is 28.1. The summed E-state index contributed by atoms with van der Waals surface area (Å²) in [5.41, 5.74) is 1.80. The summed E-state index contributed by atoms with van der Waals surface area (Å²) < 4.78 is 40.8. The van der Waals surface area contributed by atoms with Crippen molar-refractivity contribution in [1.29, 1.82) is 5.26 Å². The van der Waals surface area contributed by atoms with Crippen LogP contribution in [0, 0.1) is 28.9 Å². The highest BCUT2D eigenvalue weighted by molar-refractivity contribution is 5.71. The Kier molecular flexibility index (Phi) is 7.87. The van der Waals surface area contributed by atoms with Crippen molar-refractivity contribution in [2.24, 2.45) is 5.92 Å². The van der Waals surface area contributed by atoms with Crippen LogP contribution >= 0.6 is 0 Å². The summed E-state index contributed by atoms with van der Waals surface area (Å²) in [6.07, 6.45) is 1.00. The molecular formula is C31H25F2N3O4. The highest BCUT2D eigenvalue weighted by Crippen LogP contribution is 2.35. The third-order valence-corrected chi connectivity index (χ3v) is 6.71. The number of piperidine rings is 1. The lowest BCUT2D eigenvalue weighted by Crippen LogP contribution is -2.36. The molecule has 0 spiro atoms. The number of benzene rings is 3. The van der Waals surface area contributed by atoms with Crippen molar-refractivity contribution in [2.75, 3.05) is 18.0 Å². The number of carbonyl (C=O) groups is 1. The quantitative estimate of drug-likeness (QED) is 0.270. The number of carboxylic acids is 1. The van der Waals surface area contributed by atoms with Crippen molar-refractivity contribution < 1.29 is 28.2 Å². The van der Waals surface area contributed by atoms with Gasteiger partial charge in [0.25, 0.3) is 0 Å². The molecule has 0 radical (unpaired) electrons. The SMILES string of the molecule is N#Cc1ccc(Oc2ccc(COc3c(F)cc(F)cc3-c3cccc(N4CCC(C(=O)O)CC4)n3)cc2)cc1. The summed E-state index contributed by atoms with van der Waals surface area (Å²) in [6, 6.07) is 23.0. The first-order chi connectivity index (χ1) is 19.4. The zero-order valence-corrected chi connectivity index (χ0v) is 21.4. The molecule has 0 saturated carbocycles. The average Bonchev–Trinajstić information content (AvgIpc) is 2.97. The maximum atomic E-state index is 14.9. The van der Waals surface area contributed by atoms with E-state index in [0.29, 0.717) is 54.5 Å². The normalized spacial score (nSPS) is 13.5. The maximum absolute atomic E-state index is 14.9. The van der Waals surface area contributed by atoms with Crippen molar-refractivity contribution in [3.8, 4) is 34.6 Å². The molecule has 1 fully saturated rings. The highest BCUT2D eigenvalue weighted by atomic mass is 19.1. The second kappa shape index (κ2) is 11.8. The Morgan fingerprint density at radius 2 is 1.68 bits per heavy atom. The van der Waals surface area contributed by atoms with Crippen molar-refractivity contribution in [2.45, 2.75) is 19.4 Å². The molecule has 5 rings (SSSR count). The van der Waals surface area contributed by atoms with E-state index in [9.17, 15) is 18.7 Å². The lowest BCUT2D eigenvalue weighted by Gasteiger charge is -2.31. The van der Waals surface area contributed by atoms with Crippen LogP contribution in [0.25, 0.3) is 11.3 Å². The number of carboxylic acid groups (broad SMARTS) is 1. The van der Waals surface area contributed by atoms with E-state index < -0.39 is 17.6 Å². The molecule has 7 nitrogen and oxygen atoms in total. The number of nitriles is 1. The Morgan fingerprint density at radius 3 is 2.33 bits per heavy atom. The van der Waals surface area contributed by atoms with Crippen LogP contribution in [0.4, 0.5) is 14.6 Å². The summed E-state index contributed by atoms with van der Waals surface area (Å²) in [5.74, 6) is -1.12. The molecule has 4 aromatic rings. The van der Waals surface area contributed by atoms with Crippen molar-refractivity contribution in [1.82, 2.24) is 4.98 Å². The van der Waals surface area contributed by atoms with Crippen LogP contribution in [0.2, 0.25) is 0 Å². The van der Waals surface area contributed by atoms with Crippen LogP contribution in [-0.4, -0.2) is 29.1 Å². The summed E-state index contributed by atoms with van der Waals surface area (Å²) >= 11 is 0. The first kappa shape index (κ1) is 26.6. The van der Waals surface area contributed by atoms with Gasteiger partial charge in [0.15, 0.2) is 11.6 Å². The molecule has 1 aromatic heterocycles. The number of aromatic nitrogens is 1. The number of pyridine rings is 1. The van der Waals surface area contributed by atoms with Crippen LogP contribution in [0.5, 0.6) is 17.2 Å². The average molecular weight is 542 g/mol. The van der Waals surface area contributed by atoms with E-state index in [1.54, 1.807) is 66.7 Å². The molecule has 1 aliphatic rings. The molecule has 40 heavy (non-hydrogen) atoms. The predicted octanol–water partition coefficient (Wildman–Crippen LogP) is 6.57. The summed E-state index contributed by atoms with van der Waals surface area (Å²) in [7, 11) is 0. The van der Waals surface area contributed by atoms with Crippen LogP contribution < -0.4 is 14.4 Å². The molecule has 9 heteroatoms. The Bertz CT molecular complexity index is 1540. The zero-order valence-electron chi connectivity index (χ0n) is 21.4. The molecule has 0 atom stereocenters. The van der Waals surface area contributed by atoms with E-state index in [0.717, 1.165) is 11.6 Å². The van der Waals surface area contributed by atoms with E-state index in [1.165, 1.54) is 6.07 Å². The van der Waals surface area contributed by atoms with Crippen LogP contribution in [-0.2, 0) is 11.4 Å². The van der Waals surface area contributed by atoms with Crippen molar-refractivity contribution in [3.63, 3.8) is 0 Å². The number of halogens is 2. The van der Waals surface area contributed by atoms with Gasteiger partial charge in [-0.1, -0.05) is 18.2 Å². The lowest BCUT2D eigenvalue weighted by molar-refractivity contribution is -0.142. The van der Waals surface area contributed by atoms with Gasteiger partial charge in [-0.3, -0.25) is 4.79 Å². The van der Waals surface area contributed by atoms with Gasteiger partial charge in [0.1, 0.15) is 29.7 Å². The van der Waals surface area contributed by atoms with Crippen molar-refractivity contribution in [3.05, 3.63) is 102 Å². The van der Waals surface area contributed by atoms with Gasteiger partial charge in [0.05, 0.1) is 23.2 Å². The lowest BCUT2D eigenvalue weighted by atomic mass is 9.97. The minimum absolute atomic E-state index is 0.0229. The molecule has 2 heterocycles. The molecule has 0 aliphatic carbocycles. The van der Waals surface area contributed by atoms with E-state index >= 15 is 0 Å². The third-order valence-electron chi connectivity index (χ3n) is 6.71. The van der Waals surface area contributed by atoms with Gasteiger partial charge in [0.2, 0.25) is 0 Å². The van der Waals surface area contributed by atoms with Crippen LogP contribution in [0.3, 0.4) is 0 Å². The Morgan fingerprint density at radius 1 is 1.00 bits per heavy atom. The van der Waals surface area contributed by atoms with Crippen LogP contribution in [0.1, 0.15) is 24.0 Å². The molecule has 202 valence electrons. The first-order valence-corrected chi connectivity index (χ1v) is 12.7. The molecule has 1 aliphatic heterocycles.